The molecule has 1 aromatic carbocycles. The third-order valence-corrected chi connectivity index (χ3v) is 2.09. The van der Waals surface area contributed by atoms with E-state index in [9.17, 15) is 0 Å². The van der Waals surface area contributed by atoms with Crippen LogP contribution < -0.4 is 0 Å². The lowest BCUT2D eigenvalue weighted by atomic mass is 10.1. The molecule has 2 rings (SSSR count). The molecule has 0 aromatic heterocycles. The third-order valence-electron chi connectivity index (χ3n) is 2.09. The van der Waals surface area contributed by atoms with Gasteiger partial charge in [-0.25, -0.2) is 0 Å². The van der Waals surface area contributed by atoms with Gasteiger partial charge < -0.3 is 0 Å². The number of rotatable bonds is 0. The van der Waals surface area contributed by atoms with Crippen LogP contribution in [0.4, 0.5) is 0 Å². The average Bonchev–Trinajstić information content (AvgIpc) is 2.48. The summed E-state index contributed by atoms with van der Waals surface area (Å²) in [4.78, 5) is 0. The van der Waals surface area contributed by atoms with Crippen molar-refractivity contribution in [3.05, 3.63) is 54.1 Å². The van der Waals surface area contributed by atoms with Crippen LogP contribution >= 0.6 is 0 Å². The van der Waals surface area contributed by atoms with E-state index in [-0.39, 0.29) is 7.43 Å². The van der Waals surface area contributed by atoms with Crippen LogP contribution in [0.5, 0.6) is 0 Å². The average molecular weight is 202 g/mol. The molecule has 0 radical (unpaired) electrons. The van der Waals surface area contributed by atoms with Crippen molar-refractivity contribution in [2.75, 3.05) is 0 Å². The van der Waals surface area contributed by atoms with Crippen molar-refractivity contribution >= 4 is 5.57 Å². The first-order valence-corrected chi connectivity index (χ1v) is 4.99. The summed E-state index contributed by atoms with van der Waals surface area (Å²) in [5, 5.41) is 0. The lowest BCUT2D eigenvalue weighted by Crippen LogP contribution is -1.76. The van der Waals surface area contributed by atoms with Crippen molar-refractivity contribution in [2.24, 2.45) is 0 Å². The standard InChI is InChI=1S/C10H10.C4H8.CH4/c1-8-6-7-9-4-2-3-5-10(8)9;1-4(2)3;/h2-5H,1,6-7H2;1H2,2-3H3;1H4. The van der Waals surface area contributed by atoms with E-state index in [1.165, 1.54) is 28.7 Å². The molecule has 0 heteroatoms. The molecule has 0 amide bonds. The van der Waals surface area contributed by atoms with Crippen molar-refractivity contribution in [3.8, 4) is 0 Å². The van der Waals surface area contributed by atoms with E-state index in [0.717, 1.165) is 6.42 Å². The molecule has 0 atom stereocenters. The SMILES string of the molecule is C.C=C(C)C.C=C1CCc2ccccc21. The minimum Gasteiger partial charge on any atom is -0.100 e. The number of hydrogen-bond acceptors (Lipinski definition) is 0. The highest BCUT2D eigenvalue weighted by atomic mass is 14.2. The normalized spacial score (nSPS) is 12.0. The van der Waals surface area contributed by atoms with Crippen molar-refractivity contribution in [1.29, 1.82) is 0 Å². The Balaban J connectivity index is 0.000000346. The van der Waals surface area contributed by atoms with Crippen molar-refractivity contribution in [1.82, 2.24) is 0 Å². The lowest BCUT2D eigenvalue weighted by Gasteiger charge is -1.95. The second-order valence-corrected chi connectivity index (χ2v) is 3.97. The summed E-state index contributed by atoms with van der Waals surface area (Å²) in [6, 6.07) is 8.52. The molecule has 0 unspecified atom stereocenters. The fraction of sp³-hybridized carbons (Fsp3) is 0.333. The van der Waals surface area contributed by atoms with Gasteiger partial charge in [-0.15, -0.1) is 6.58 Å². The smallest absolute Gasteiger partial charge is 0.0198 e. The molecule has 0 heterocycles. The second-order valence-electron chi connectivity index (χ2n) is 3.97. The fourth-order valence-corrected chi connectivity index (χ4v) is 1.50. The van der Waals surface area contributed by atoms with Crippen molar-refractivity contribution < 1.29 is 0 Å². The number of aryl methyl sites for hydroxylation is 1. The van der Waals surface area contributed by atoms with E-state index in [4.69, 9.17) is 0 Å². The van der Waals surface area contributed by atoms with E-state index in [1.54, 1.807) is 0 Å². The quantitative estimate of drug-likeness (QED) is 0.527. The topological polar surface area (TPSA) is 0 Å². The van der Waals surface area contributed by atoms with Gasteiger partial charge in [0.05, 0.1) is 0 Å². The highest BCUT2D eigenvalue weighted by molar-refractivity contribution is 5.70. The maximum absolute atomic E-state index is 4.00. The van der Waals surface area contributed by atoms with E-state index >= 15 is 0 Å². The predicted octanol–water partition coefficient (Wildman–Crippen LogP) is 4.86. The van der Waals surface area contributed by atoms with Gasteiger partial charge in [-0.1, -0.05) is 43.8 Å². The maximum atomic E-state index is 4.00. The van der Waals surface area contributed by atoms with Gasteiger partial charge in [0.1, 0.15) is 0 Å². The molecule has 1 aliphatic rings. The van der Waals surface area contributed by atoms with Gasteiger partial charge in [0.2, 0.25) is 0 Å². The molecule has 1 aromatic rings. The van der Waals surface area contributed by atoms with Crippen LogP contribution in [0.1, 0.15) is 38.8 Å². The fourth-order valence-electron chi connectivity index (χ4n) is 1.50. The Morgan fingerprint density at radius 3 is 2.20 bits per heavy atom. The molecule has 0 bridgehead atoms. The molecular weight excluding hydrogens is 180 g/mol. The van der Waals surface area contributed by atoms with Gasteiger partial charge >= 0.3 is 0 Å². The molecule has 0 saturated heterocycles. The van der Waals surface area contributed by atoms with Crippen LogP contribution in [0.15, 0.2) is 43.0 Å². The Hall–Kier alpha value is -1.30. The molecule has 0 nitrogen and oxygen atoms in total. The second kappa shape index (κ2) is 6.23. The maximum Gasteiger partial charge on any atom is -0.0198 e. The molecule has 1 aliphatic carbocycles. The first-order chi connectivity index (χ1) is 6.61. The van der Waals surface area contributed by atoms with Crippen molar-refractivity contribution in [2.45, 2.75) is 34.1 Å². The molecular formula is C15H22. The summed E-state index contributed by atoms with van der Waals surface area (Å²) in [7, 11) is 0. The van der Waals surface area contributed by atoms with Crippen LogP contribution in [-0.2, 0) is 6.42 Å². The van der Waals surface area contributed by atoms with Gasteiger partial charge in [0.15, 0.2) is 0 Å². The number of allylic oxidation sites excluding steroid dienone is 2. The van der Waals surface area contributed by atoms with E-state index in [2.05, 4.69) is 37.4 Å². The molecule has 15 heavy (non-hydrogen) atoms. The van der Waals surface area contributed by atoms with Gasteiger partial charge in [0, 0.05) is 0 Å². The Labute approximate surface area is 94.3 Å². The van der Waals surface area contributed by atoms with Crippen LogP contribution in [0.3, 0.4) is 0 Å². The predicted molar refractivity (Wildman–Crippen MR) is 71.0 cm³/mol. The summed E-state index contributed by atoms with van der Waals surface area (Å²) in [5.41, 5.74) is 5.31. The van der Waals surface area contributed by atoms with Gasteiger partial charge in [-0.3, -0.25) is 0 Å². The van der Waals surface area contributed by atoms with Crippen LogP contribution in [-0.4, -0.2) is 0 Å². The first-order valence-electron chi connectivity index (χ1n) is 4.99. The largest absolute Gasteiger partial charge is 0.100 e. The van der Waals surface area contributed by atoms with Gasteiger partial charge in [-0.05, 0) is 43.4 Å². The minimum absolute atomic E-state index is 0. The van der Waals surface area contributed by atoms with Crippen molar-refractivity contribution in [3.63, 3.8) is 0 Å². The molecule has 0 spiro atoms. The van der Waals surface area contributed by atoms with Gasteiger partial charge in [0.25, 0.3) is 0 Å². The Bertz CT molecular complexity index is 341. The minimum atomic E-state index is 0. The Morgan fingerprint density at radius 2 is 1.67 bits per heavy atom. The summed E-state index contributed by atoms with van der Waals surface area (Å²) < 4.78 is 0. The molecule has 0 N–H and O–H groups in total. The van der Waals surface area contributed by atoms with E-state index in [0.29, 0.717) is 0 Å². The highest BCUT2D eigenvalue weighted by Gasteiger charge is 2.11. The molecule has 0 aliphatic heterocycles. The van der Waals surface area contributed by atoms with E-state index < -0.39 is 0 Å². The van der Waals surface area contributed by atoms with Crippen LogP contribution in [0, 0.1) is 0 Å². The summed E-state index contributed by atoms with van der Waals surface area (Å²) in [6.45, 7) is 11.5. The monoisotopic (exact) mass is 202 g/mol. The summed E-state index contributed by atoms with van der Waals surface area (Å²) >= 11 is 0. The lowest BCUT2D eigenvalue weighted by molar-refractivity contribution is 1.08. The first kappa shape index (κ1) is 13.7. The highest BCUT2D eigenvalue weighted by Crippen LogP contribution is 2.29. The Kier molecular flexibility index (Phi) is 5.69. The zero-order valence-electron chi connectivity index (χ0n) is 9.14. The van der Waals surface area contributed by atoms with Crippen LogP contribution in [0.25, 0.3) is 5.57 Å². The summed E-state index contributed by atoms with van der Waals surface area (Å²) in [5.74, 6) is 0. The zero-order chi connectivity index (χ0) is 10.6. The van der Waals surface area contributed by atoms with Gasteiger partial charge in [-0.2, -0.15) is 0 Å². The van der Waals surface area contributed by atoms with Crippen LogP contribution in [0.2, 0.25) is 0 Å². The number of benzene rings is 1. The Morgan fingerprint density at radius 1 is 1.13 bits per heavy atom. The van der Waals surface area contributed by atoms with E-state index in [1.807, 2.05) is 13.8 Å². The molecule has 0 fully saturated rings. The zero-order valence-corrected chi connectivity index (χ0v) is 9.14. The molecule has 0 saturated carbocycles. The third kappa shape index (κ3) is 4.16. The number of fused-ring (bicyclic) bond motifs is 1. The number of hydrogen-bond donors (Lipinski definition) is 0. The molecule has 82 valence electrons. The summed E-state index contributed by atoms with van der Waals surface area (Å²) in [6.07, 6.45) is 2.34.